The van der Waals surface area contributed by atoms with Crippen LogP contribution in [0.25, 0.3) is 0 Å². The lowest BCUT2D eigenvalue weighted by molar-refractivity contribution is 0.190. The van der Waals surface area contributed by atoms with E-state index in [0.717, 1.165) is 48.6 Å². The van der Waals surface area contributed by atoms with E-state index >= 15 is 0 Å². The fraction of sp³-hybridized carbons (Fsp3) is 0.625. The van der Waals surface area contributed by atoms with Crippen molar-refractivity contribution in [1.82, 2.24) is 24.8 Å². The van der Waals surface area contributed by atoms with Crippen LogP contribution in [0.2, 0.25) is 0 Å². The number of rotatable bonds is 4. The van der Waals surface area contributed by atoms with Crippen molar-refractivity contribution in [2.24, 2.45) is 0 Å². The van der Waals surface area contributed by atoms with Crippen molar-refractivity contribution >= 4 is 11.8 Å². The first-order valence-electron chi connectivity index (χ1n) is 8.40. The molecule has 1 unspecified atom stereocenters. The highest BCUT2D eigenvalue weighted by atomic mass is 32.2. The summed E-state index contributed by atoms with van der Waals surface area (Å²) in [6, 6.07) is 2.06. The predicted octanol–water partition coefficient (Wildman–Crippen LogP) is 1.39. The highest BCUT2D eigenvalue weighted by molar-refractivity contribution is 7.98. The molecule has 0 radical (unpaired) electrons. The van der Waals surface area contributed by atoms with Gasteiger partial charge in [-0.25, -0.2) is 4.68 Å². The monoisotopic (exact) mass is 347 g/mol. The molecule has 2 aromatic heterocycles. The van der Waals surface area contributed by atoms with E-state index < -0.39 is 0 Å². The zero-order chi connectivity index (χ0) is 16.5. The van der Waals surface area contributed by atoms with Crippen molar-refractivity contribution in [2.45, 2.75) is 51.1 Å². The van der Waals surface area contributed by atoms with E-state index in [9.17, 15) is 4.79 Å². The van der Waals surface area contributed by atoms with Gasteiger partial charge in [0, 0.05) is 24.3 Å². The third-order valence-corrected chi connectivity index (χ3v) is 5.70. The lowest BCUT2D eigenvalue weighted by Gasteiger charge is -2.24. The molecule has 0 bridgehead atoms. The van der Waals surface area contributed by atoms with Gasteiger partial charge in [-0.1, -0.05) is 5.16 Å². The summed E-state index contributed by atoms with van der Waals surface area (Å²) < 4.78 is 6.88. The van der Waals surface area contributed by atoms with Gasteiger partial charge in [-0.05, 0) is 37.6 Å². The molecular formula is C16H21N5O2S. The number of hydrogen-bond acceptors (Lipinski definition) is 7. The van der Waals surface area contributed by atoms with Crippen molar-refractivity contribution in [3.63, 3.8) is 0 Å². The molecule has 0 aliphatic carbocycles. The quantitative estimate of drug-likeness (QED) is 0.827. The number of hydrogen-bond donors (Lipinski definition) is 0. The van der Waals surface area contributed by atoms with Gasteiger partial charge in [-0.15, -0.1) is 0 Å². The zero-order valence-corrected chi connectivity index (χ0v) is 14.6. The second kappa shape index (κ2) is 6.68. The molecule has 128 valence electrons. The van der Waals surface area contributed by atoms with E-state index in [1.807, 2.05) is 18.7 Å². The van der Waals surface area contributed by atoms with Gasteiger partial charge in [0.05, 0.1) is 18.8 Å². The summed E-state index contributed by atoms with van der Waals surface area (Å²) in [5.41, 5.74) is 2.21. The SMILES string of the molecule is Cc1noc(CN2CCCC2Cn2nc3c(cc2=O)CSCC3)n1. The van der Waals surface area contributed by atoms with Crippen LogP contribution < -0.4 is 5.56 Å². The summed E-state index contributed by atoms with van der Waals surface area (Å²) in [5.74, 6) is 3.29. The first-order valence-corrected chi connectivity index (χ1v) is 9.55. The van der Waals surface area contributed by atoms with Crippen LogP contribution in [0.1, 0.15) is 35.8 Å². The smallest absolute Gasteiger partial charge is 0.267 e. The molecule has 0 N–H and O–H groups in total. The van der Waals surface area contributed by atoms with Crippen LogP contribution in [0.15, 0.2) is 15.4 Å². The van der Waals surface area contributed by atoms with Gasteiger partial charge in [-0.2, -0.15) is 21.8 Å². The average molecular weight is 347 g/mol. The molecule has 2 aliphatic heterocycles. The number of aryl methyl sites for hydroxylation is 2. The number of nitrogens with zero attached hydrogens (tertiary/aromatic N) is 5. The van der Waals surface area contributed by atoms with Crippen LogP contribution >= 0.6 is 11.8 Å². The van der Waals surface area contributed by atoms with Crippen LogP contribution in [-0.4, -0.2) is 43.2 Å². The van der Waals surface area contributed by atoms with Crippen LogP contribution in [0, 0.1) is 6.92 Å². The van der Waals surface area contributed by atoms with E-state index in [-0.39, 0.29) is 5.56 Å². The minimum Gasteiger partial charge on any atom is -0.338 e. The van der Waals surface area contributed by atoms with Crippen molar-refractivity contribution in [1.29, 1.82) is 0 Å². The van der Waals surface area contributed by atoms with Gasteiger partial charge in [0.1, 0.15) is 0 Å². The Morgan fingerprint density at radius 3 is 3.21 bits per heavy atom. The molecule has 0 aromatic carbocycles. The summed E-state index contributed by atoms with van der Waals surface area (Å²) in [5, 5.41) is 8.48. The molecular weight excluding hydrogens is 326 g/mol. The van der Waals surface area contributed by atoms with E-state index in [1.54, 1.807) is 10.7 Å². The van der Waals surface area contributed by atoms with Gasteiger partial charge < -0.3 is 4.52 Å². The van der Waals surface area contributed by atoms with E-state index in [4.69, 9.17) is 4.52 Å². The maximum atomic E-state index is 12.4. The number of thioether (sulfide) groups is 1. The third kappa shape index (κ3) is 3.25. The standard InChI is InChI=1S/C16H21N5O2S/c1-11-17-15(23-19-11)9-20-5-2-3-13(20)8-21-16(22)7-12-10-24-6-4-14(12)18-21/h7,13H,2-6,8-10H2,1H3. The third-order valence-electron chi connectivity index (χ3n) is 4.70. The Morgan fingerprint density at radius 1 is 1.46 bits per heavy atom. The summed E-state index contributed by atoms with van der Waals surface area (Å²) in [6.07, 6.45) is 3.14. The minimum absolute atomic E-state index is 0.0109. The molecule has 7 nitrogen and oxygen atoms in total. The second-order valence-corrected chi connectivity index (χ2v) is 7.55. The maximum absolute atomic E-state index is 12.4. The van der Waals surface area contributed by atoms with Crippen molar-refractivity contribution < 1.29 is 4.52 Å². The van der Waals surface area contributed by atoms with Crippen molar-refractivity contribution in [3.8, 4) is 0 Å². The normalized spacial score (nSPS) is 21.1. The molecule has 8 heteroatoms. The Kier molecular flexibility index (Phi) is 4.41. The molecule has 4 heterocycles. The Morgan fingerprint density at radius 2 is 2.38 bits per heavy atom. The summed E-state index contributed by atoms with van der Waals surface area (Å²) in [6.45, 7) is 4.08. The molecule has 1 fully saturated rings. The topological polar surface area (TPSA) is 77.0 Å². The minimum atomic E-state index is 0.0109. The fourth-order valence-electron chi connectivity index (χ4n) is 3.47. The Hall–Kier alpha value is -1.67. The number of likely N-dealkylation sites (tertiary alicyclic amines) is 1. The molecule has 0 saturated carbocycles. The zero-order valence-electron chi connectivity index (χ0n) is 13.8. The number of fused-ring (bicyclic) bond motifs is 1. The fourth-order valence-corrected chi connectivity index (χ4v) is 4.42. The Bertz CT molecular complexity index is 787. The van der Waals surface area contributed by atoms with E-state index in [1.165, 1.54) is 0 Å². The van der Waals surface area contributed by atoms with E-state index in [0.29, 0.717) is 30.8 Å². The molecule has 4 rings (SSSR count). The Balaban J connectivity index is 1.50. The summed E-state index contributed by atoms with van der Waals surface area (Å²) >= 11 is 1.87. The molecule has 1 saturated heterocycles. The van der Waals surface area contributed by atoms with Crippen molar-refractivity contribution in [2.75, 3.05) is 12.3 Å². The molecule has 2 aliphatic rings. The number of aromatic nitrogens is 4. The molecule has 2 aromatic rings. The van der Waals surface area contributed by atoms with Crippen molar-refractivity contribution in [3.05, 3.63) is 39.4 Å². The van der Waals surface area contributed by atoms with E-state index in [2.05, 4.69) is 20.1 Å². The van der Waals surface area contributed by atoms with Crippen LogP contribution in [-0.2, 0) is 25.3 Å². The Labute approximate surface area is 144 Å². The first kappa shape index (κ1) is 15.8. The van der Waals surface area contributed by atoms with Gasteiger partial charge in [0.15, 0.2) is 5.82 Å². The van der Waals surface area contributed by atoms with Crippen LogP contribution in [0.5, 0.6) is 0 Å². The summed E-state index contributed by atoms with van der Waals surface area (Å²) in [4.78, 5) is 19.0. The molecule has 1 atom stereocenters. The lowest BCUT2D eigenvalue weighted by Crippen LogP contribution is -2.37. The largest absolute Gasteiger partial charge is 0.338 e. The molecule has 24 heavy (non-hydrogen) atoms. The van der Waals surface area contributed by atoms with Gasteiger partial charge in [-0.3, -0.25) is 9.69 Å². The predicted molar refractivity (Wildman–Crippen MR) is 90.8 cm³/mol. The average Bonchev–Trinajstić information content (AvgIpc) is 3.18. The molecule has 0 amide bonds. The summed E-state index contributed by atoms with van der Waals surface area (Å²) in [7, 11) is 0. The lowest BCUT2D eigenvalue weighted by atomic mass is 10.2. The van der Waals surface area contributed by atoms with Gasteiger partial charge in [0.2, 0.25) is 5.89 Å². The highest BCUT2D eigenvalue weighted by Crippen LogP contribution is 2.23. The maximum Gasteiger partial charge on any atom is 0.267 e. The van der Waals surface area contributed by atoms with Crippen LogP contribution in [0.4, 0.5) is 0 Å². The van der Waals surface area contributed by atoms with Gasteiger partial charge >= 0.3 is 0 Å². The highest BCUT2D eigenvalue weighted by Gasteiger charge is 2.27. The first-order chi connectivity index (χ1) is 11.7. The second-order valence-electron chi connectivity index (χ2n) is 6.44. The van der Waals surface area contributed by atoms with Gasteiger partial charge in [0.25, 0.3) is 5.56 Å². The van der Waals surface area contributed by atoms with Crippen LogP contribution in [0.3, 0.4) is 0 Å². The molecule has 0 spiro atoms.